The molecule has 3 aromatic rings. The van der Waals surface area contributed by atoms with Crippen LogP contribution in [0.4, 0.5) is 0 Å². The summed E-state index contributed by atoms with van der Waals surface area (Å²) in [6.07, 6.45) is -0.693. The van der Waals surface area contributed by atoms with Crippen molar-refractivity contribution in [1.82, 2.24) is 19.2 Å². The number of β-amino-alcohol motifs (C(OH)–C–C–N with tert-alkyl or cyclic N) is 1. The van der Waals surface area contributed by atoms with Gasteiger partial charge in [-0.2, -0.15) is 5.10 Å². The van der Waals surface area contributed by atoms with Crippen LogP contribution >= 0.6 is 12.2 Å². The van der Waals surface area contributed by atoms with Gasteiger partial charge in [0.15, 0.2) is 10.6 Å². The zero-order chi connectivity index (χ0) is 23.9. The summed E-state index contributed by atoms with van der Waals surface area (Å²) in [6, 6.07) is 12.2. The van der Waals surface area contributed by atoms with Gasteiger partial charge >= 0.3 is 0 Å². The van der Waals surface area contributed by atoms with Crippen molar-refractivity contribution in [1.29, 1.82) is 0 Å². The van der Waals surface area contributed by atoms with Crippen molar-refractivity contribution >= 4 is 12.2 Å². The van der Waals surface area contributed by atoms with E-state index < -0.39 is 6.10 Å². The van der Waals surface area contributed by atoms with E-state index >= 15 is 0 Å². The molecule has 1 aliphatic rings. The minimum Gasteiger partial charge on any atom is -0.496 e. The van der Waals surface area contributed by atoms with Gasteiger partial charge in [0.05, 0.1) is 27.0 Å². The second kappa shape index (κ2) is 8.93. The molecule has 0 amide bonds. The van der Waals surface area contributed by atoms with E-state index in [1.165, 1.54) is 5.56 Å². The highest BCUT2D eigenvalue weighted by molar-refractivity contribution is 7.71. The standard InChI is InChI=1S/C25H32N4O3S/c1-25(2,3)17-9-7-16(8-10-17)23-26-29(24(33)27(23)4)15-28-13-18-20(31-5)11-12-21(32-6)22(18)19(30)14-28/h7-12,19,30H,13-15H2,1-6H3/t19-/m1/s1. The number of rotatable bonds is 5. The summed E-state index contributed by atoms with van der Waals surface area (Å²) >= 11 is 5.69. The topological polar surface area (TPSA) is 64.7 Å². The van der Waals surface area contributed by atoms with Crippen LogP contribution in [0.5, 0.6) is 11.5 Å². The van der Waals surface area contributed by atoms with Crippen LogP contribution in [0.1, 0.15) is 43.6 Å². The fourth-order valence-corrected chi connectivity index (χ4v) is 4.58. The summed E-state index contributed by atoms with van der Waals surface area (Å²) < 4.78 is 15.4. The maximum absolute atomic E-state index is 10.9. The predicted molar refractivity (Wildman–Crippen MR) is 131 cm³/mol. The Morgan fingerprint density at radius 2 is 1.70 bits per heavy atom. The third-order valence-corrected chi connectivity index (χ3v) is 6.73. The molecule has 1 N–H and O–H groups in total. The molecule has 1 aromatic heterocycles. The molecule has 2 heterocycles. The van der Waals surface area contributed by atoms with Crippen LogP contribution < -0.4 is 9.47 Å². The maximum atomic E-state index is 10.9. The van der Waals surface area contributed by atoms with Gasteiger partial charge in [0.2, 0.25) is 0 Å². The van der Waals surface area contributed by atoms with Gasteiger partial charge in [-0.05, 0) is 35.3 Å². The minimum atomic E-state index is -0.693. The number of fused-ring (bicyclic) bond motifs is 1. The molecule has 0 saturated heterocycles. The molecule has 7 nitrogen and oxygen atoms in total. The number of hydrogen-bond acceptors (Lipinski definition) is 6. The molecule has 176 valence electrons. The van der Waals surface area contributed by atoms with Gasteiger partial charge in [-0.15, -0.1) is 0 Å². The highest BCUT2D eigenvalue weighted by Crippen LogP contribution is 2.39. The lowest BCUT2D eigenvalue weighted by Gasteiger charge is -2.33. The Morgan fingerprint density at radius 1 is 1.06 bits per heavy atom. The number of nitrogens with zero attached hydrogens (tertiary/aromatic N) is 4. The van der Waals surface area contributed by atoms with Crippen molar-refractivity contribution in [2.45, 2.75) is 45.5 Å². The first-order chi connectivity index (χ1) is 15.6. The first-order valence-corrected chi connectivity index (χ1v) is 11.4. The number of aliphatic hydroxyl groups is 1. The van der Waals surface area contributed by atoms with Crippen molar-refractivity contribution in [3.05, 3.63) is 57.9 Å². The van der Waals surface area contributed by atoms with Crippen molar-refractivity contribution in [3.63, 3.8) is 0 Å². The summed E-state index contributed by atoms with van der Waals surface area (Å²) in [5.74, 6) is 2.23. The number of hydrogen-bond donors (Lipinski definition) is 1. The van der Waals surface area contributed by atoms with Crippen LogP contribution in [0.25, 0.3) is 11.4 Å². The third kappa shape index (κ3) is 4.43. The molecular weight excluding hydrogens is 436 g/mol. The van der Waals surface area contributed by atoms with Crippen molar-refractivity contribution in [2.24, 2.45) is 7.05 Å². The summed E-state index contributed by atoms with van der Waals surface area (Å²) in [7, 11) is 5.19. The Labute approximate surface area is 200 Å². The number of benzene rings is 2. The maximum Gasteiger partial charge on any atom is 0.199 e. The average molecular weight is 469 g/mol. The molecule has 0 saturated carbocycles. The number of aliphatic hydroxyl groups excluding tert-OH is 1. The molecule has 0 bridgehead atoms. The Bertz CT molecular complexity index is 1210. The Balaban J connectivity index is 1.62. The lowest BCUT2D eigenvalue weighted by atomic mass is 9.87. The fraction of sp³-hybridized carbons (Fsp3) is 0.440. The van der Waals surface area contributed by atoms with Gasteiger partial charge in [-0.25, -0.2) is 4.68 Å². The molecule has 33 heavy (non-hydrogen) atoms. The fourth-order valence-electron chi connectivity index (χ4n) is 4.39. The van der Waals surface area contributed by atoms with Gasteiger partial charge in [-0.1, -0.05) is 45.0 Å². The van der Waals surface area contributed by atoms with Crippen molar-refractivity contribution in [2.75, 3.05) is 20.8 Å². The summed E-state index contributed by atoms with van der Waals surface area (Å²) in [5, 5.41) is 15.7. The SMILES string of the molecule is COc1ccc(OC)c2c1CN(Cn1nc(-c3ccc(C(C)(C)C)cc3)n(C)c1=S)C[C@H]2O. The average Bonchev–Trinajstić information content (AvgIpc) is 3.06. The van der Waals surface area contributed by atoms with E-state index in [0.29, 0.717) is 30.3 Å². The molecule has 0 aliphatic carbocycles. The second-order valence-corrected chi connectivity index (χ2v) is 9.89. The van der Waals surface area contributed by atoms with E-state index in [0.717, 1.165) is 28.3 Å². The first kappa shape index (κ1) is 23.5. The Kier molecular flexibility index (Phi) is 6.35. The molecule has 0 spiro atoms. The lowest BCUT2D eigenvalue weighted by Crippen LogP contribution is -2.36. The van der Waals surface area contributed by atoms with Crippen LogP contribution in [-0.2, 0) is 25.7 Å². The van der Waals surface area contributed by atoms with Crippen molar-refractivity contribution < 1.29 is 14.6 Å². The zero-order valence-corrected chi connectivity index (χ0v) is 20.9. The van der Waals surface area contributed by atoms with E-state index in [1.54, 1.807) is 14.2 Å². The van der Waals surface area contributed by atoms with Gasteiger partial charge in [0.1, 0.15) is 11.5 Å². The molecule has 0 fully saturated rings. The van der Waals surface area contributed by atoms with E-state index in [2.05, 4.69) is 49.9 Å². The quantitative estimate of drug-likeness (QED) is 0.559. The summed E-state index contributed by atoms with van der Waals surface area (Å²) in [4.78, 5) is 2.12. The summed E-state index contributed by atoms with van der Waals surface area (Å²) in [6.45, 7) is 8.12. The van der Waals surface area contributed by atoms with E-state index in [-0.39, 0.29) is 5.41 Å². The van der Waals surface area contributed by atoms with Crippen LogP contribution in [0.2, 0.25) is 0 Å². The normalized spacial score (nSPS) is 16.5. The van der Waals surface area contributed by atoms with Crippen LogP contribution in [0.3, 0.4) is 0 Å². The molecular formula is C25H32N4O3S. The molecule has 1 aliphatic heterocycles. The van der Waals surface area contributed by atoms with Crippen LogP contribution in [0.15, 0.2) is 36.4 Å². The van der Waals surface area contributed by atoms with Crippen molar-refractivity contribution in [3.8, 4) is 22.9 Å². The van der Waals surface area contributed by atoms with Crippen LogP contribution in [0, 0.1) is 4.77 Å². The number of ether oxygens (including phenoxy) is 2. The number of aromatic nitrogens is 3. The molecule has 1 atom stereocenters. The van der Waals surface area contributed by atoms with E-state index in [1.807, 2.05) is 28.4 Å². The first-order valence-electron chi connectivity index (χ1n) is 11.0. The van der Waals surface area contributed by atoms with E-state index in [9.17, 15) is 5.11 Å². The molecule has 8 heteroatoms. The Hall–Kier alpha value is -2.68. The van der Waals surface area contributed by atoms with E-state index in [4.69, 9.17) is 26.8 Å². The lowest BCUT2D eigenvalue weighted by molar-refractivity contribution is 0.0670. The largest absolute Gasteiger partial charge is 0.496 e. The third-order valence-electron chi connectivity index (χ3n) is 6.24. The number of methoxy groups -OCH3 is 2. The molecule has 2 aromatic carbocycles. The van der Waals surface area contributed by atoms with Gasteiger partial charge in [-0.3, -0.25) is 4.90 Å². The van der Waals surface area contributed by atoms with Gasteiger partial charge in [0, 0.05) is 36.8 Å². The predicted octanol–water partition coefficient (Wildman–Crippen LogP) is 4.44. The van der Waals surface area contributed by atoms with Gasteiger partial charge in [0.25, 0.3) is 0 Å². The zero-order valence-electron chi connectivity index (χ0n) is 20.1. The molecule has 4 rings (SSSR count). The smallest absolute Gasteiger partial charge is 0.199 e. The summed E-state index contributed by atoms with van der Waals surface area (Å²) in [5.41, 5.74) is 4.11. The minimum absolute atomic E-state index is 0.0956. The van der Waals surface area contributed by atoms with Gasteiger partial charge < -0.3 is 19.1 Å². The Morgan fingerprint density at radius 3 is 2.30 bits per heavy atom. The monoisotopic (exact) mass is 468 g/mol. The second-order valence-electron chi connectivity index (χ2n) is 9.52. The van der Waals surface area contributed by atoms with Crippen LogP contribution in [-0.4, -0.2) is 45.1 Å². The molecule has 0 unspecified atom stereocenters. The molecule has 0 radical (unpaired) electrons. The highest BCUT2D eigenvalue weighted by atomic mass is 32.1. The highest BCUT2D eigenvalue weighted by Gasteiger charge is 2.30.